The van der Waals surface area contributed by atoms with Gasteiger partial charge in [0, 0.05) is 22.8 Å². The number of amides is 1. The molecule has 2 heterocycles. The van der Waals surface area contributed by atoms with Gasteiger partial charge in [0.05, 0.1) is 10.8 Å². The fourth-order valence-electron chi connectivity index (χ4n) is 3.29. The average molecular weight is 457 g/mol. The van der Waals surface area contributed by atoms with E-state index < -0.39 is 5.25 Å². The molecule has 0 saturated heterocycles. The summed E-state index contributed by atoms with van der Waals surface area (Å²) in [6, 6.07) is 24.6. The summed E-state index contributed by atoms with van der Waals surface area (Å²) >= 11 is 1.21. The van der Waals surface area contributed by atoms with Gasteiger partial charge >= 0.3 is 0 Å². The summed E-state index contributed by atoms with van der Waals surface area (Å²) in [6.45, 7) is 1.79. The van der Waals surface area contributed by atoms with Crippen molar-refractivity contribution in [3.8, 4) is 23.0 Å². The zero-order chi connectivity index (χ0) is 22.6. The van der Waals surface area contributed by atoms with Crippen LogP contribution in [0.25, 0.3) is 22.4 Å². The molecule has 0 radical (unpaired) electrons. The van der Waals surface area contributed by atoms with Crippen LogP contribution in [-0.4, -0.2) is 26.3 Å². The van der Waals surface area contributed by atoms with Gasteiger partial charge in [-0.1, -0.05) is 48.2 Å². The zero-order valence-electron chi connectivity index (χ0n) is 17.7. The molecule has 0 saturated carbocycles. The van der Waals surface area contributed by atoms with E-state index in [2.05, 4.69) is 20.5 Å². The number of carbonyl (C=O) groups is 1. The Kier molecular flexibility index (Phi) is 5.82. The first-order chi connectivity index (χ1) is 16.2. The van der Waals surface area contributed by atoms with Crippen molar-refractivity contribution in [2.24, 2.45) is 0 Å². The number of benzene rings is 3. The molecule has 0 bridgehead atoms. The molecule has 33 heavy (non-hydrogen) atoms. The van der Waals surface area contributed by atoms with E-state index in [9.17, 15) is 4.79 Å². The first-order valence-electron chi connectivity index (χ1n) is 10.4. The first-order valence-corrected chi connectivity index (χ1v) is 11.2. The van der Waals surface area contributed by atoms with Gasteiger partial charge in [-0.2, -0.15) is 0 Å². The highest BCUT2D eigenvalue weighted by atomic mass is 32.2. The third-order valence-electron chi connectivity index (χ3n) is 4.97. The van der Waals surface area contributed by atoms with Crippen LogP contribution in [0, 0.1) is 0 Å². The summed E-state index contributed by atoms with van der Waals surface area (Å²) in [7, 11) is 0. The van der Waals surface area contributed by atoms with Crippen molar-refractivity contribution in [1.29, 1.82) is 0 Å². The molecule has 2 N–H and O–H groups in total. The molecule has 0 aliphatic carbocycles. The Morgan fingerprint density at radius 1 is 0.970 bits per heavy atom. The summed E-state index contributed by atoms with van der Waals surface area (Å²) < 4.78 is 11.6. The van der Waals surface area contributed by atoms with Crippen LogP contribution < -0.4 is 10.1 Å². The number of nitrogens with one attached hydrogen (secondary N) is 2. The van der Waals surface area contributed by atoms with E-state index >= 15 is 0 Å². The monoisotopic (exact) mass is 456 g/mol. The van der Waals surface area contributed by atoms with Gasteiger partial charge in [0.15, 0.2) is 0 Å². The number of hydrogen-bond acceptors (Lipinski definition) is 6. The van der Waals surface area contributed by atoms with Crippen LogP contribution in [0.4, 0.5) is 5.69 Å². The smallest absolute Gasteiger partial charge is 0.277 e. The van der Waals surface area contributed by atoms with Gasteiger partial charge in [0.1, 0.15) is 11.5 Å². The van der Waals surface area contributed by atoms with Crippen LogP contribution in [-0.2, 0) is 4.79 Å². The number of aromatic amines is 1. The Morgan fingerprint density at radius 2 is 1.70 bits per heavy atom. The largest absolute Gasteiger partial charge is 0.457 e. The fourth-order valence-corrected chi connectivity index (χ4v) is 3.98. The molecular formula is C25H20N4O3S. The van der Waals surface area contributed by atoms with Crippen LogP contribution in [0.15, 0.2) is 94.7 Å². The first kappa shape index (κ1) is 20.8. The van der Waals surface area contributed by atoms with E-state index in [0.29, 0.717) is 22.6 Å². The minimum absolute atomic E-state index is 0.163. The number of aromatic nitrogens is 3. The molecule has 5 aromatic rings. The lowest BCUT2D eigenvalue weighted by atomic mass is 10.2. The van der Waals surface area contributed by atoms with E-state index in [1.807, 2.05) is 72.9 Å². The SMILES string of the molecule is CC(Sc1nnc(-c2c[nH]c3ccccc23)o1)C(=O)Nc1ccc(Oc2ccccc2)cc1. The van der Waals surface area contributed by atoms with Gasteiger partial charge in [0.2, 0.25) is 5.91 Å². The van der Waals surface area contributed by atoms with Crippen molar-refractivity contribution in [1.82, 2.24) is 15.2 Å². The molecule has 1 amide bonds. The van der Waals surface area contributed by atoms with Crippen molar-refractivity contribution < 1.29 is 13.9 Å². The molecule has 3 aromatic carbocycles. The standard InChI is InChI=1S/C25H20N4O3S/c1-16(23(30)27-17-11-13-19(14-12-17)31-18-7-3-2-4-8-18)33-25-29-28-24(32-25)21-15-26-22-10-6-5-9-20(21)22/h2-16,26H,1H3,(H,27,30). The molecule has 1 atom stereocenters. The van der Waals surface area contributed by atoms with Crippen molar-refractivity contribution in [2.75, 3.05) is 5.32 Å². The minimum Gasteiger partial charge on any atom is -0.457 e. The molecular weight excluding hydrogens is 436 g/mol. The zero-order valence-corrected chi connectivity index (χ0v) is 18.5. The van der Waals surface area contributed by atoms with Crippen molar-refractivity contribution in [3.63, 3.8) is 0 Å². The summed E-state index contributed by atoms with van der Waals surface area (Å²) in [5.41, 5.74) is 2.51. The molecule has 0 aliphatic rings. The Labute approximate surface area is 194 Å². The van der Waals surface area contributed by atoms with E-state index in [0.717, 1.165) is 22.2 Å². The predicted octanol–water partition coefficient (Wildman–Crippen LogP) is 6.13. The van der Waals surface area contributed by atoms with Crippen LogP contribution in [0.2, 0.25) is 0 Å². The number of fused-ring (bicyclic) bond motifs is 1. The van der Waals surface area contributed by atoms with Crippen molar-refractivity contribution in [2.45, 2.75) is 17.4 Å². The molecule has 0 spiro atoms. The summed E-state index contributed by atoms with van der Waals surface area (Å²) in [6.07, 6.45) is 1.84. The second-order valence-electron chi connectivity index (χ2n) is 7.31. The Morgan fingerprint density at radius 3 is 2.52 bits per heavy atom. The maximum Gasteiger partial charge on any atom is 0.277 e. The van der Waals surface area contributed by atoms with Gasteiger partial charge in [0.25, 0.3) is 11.1 Å². The van der Waals surface area contributed by atoms with E-state index in [1.165, 1.54) is 11.8 Å². The van der Waals surface area contributed by atoms with E-state index in [-0.39, 0.29) is 5.91 Å². The summed E-state index contributed by atoms with van der Waals surface area (Å²) in [5, 5.41) is 12.1. The maximum atomic E-state index is 12.6. The van der Waals surface area contributed by atoms with Crippen LogP contribution >= 0.6 is 11.8 Å². The van der Waals surface area contributed by atoms with Crippen LogP contribution in [0.3, 0.4) is 0 Å². The lowest BCUT2D eigenvalue weighted by Crippen LogP contribution is -2.22. The van der Waals surface area contributed by atoms with E-state index in [1.54, 1.807) is 19.1 Å². The number of anilines is 1. The van der Waals surface area contributed by atoms with Gasteiger partial charge in [-0.3, -0.25) is 4.79 Å². The normalized spacial score (nSPS) is 11.9. The minimum atomic E-state index is -0.429. The van der Waals surface area contributed by atoms with Crippen molar-refractivity contribution >= 4 is 34.3 Å². The molecule has 5 rings (SSSR count). The summed E-state index contributed by atoms with van der Waals surface area (Å²) in [4.78, 5) is 15.8. The molecule has 0 aliphatic heterocycles. The lowest BCUT2D eigenvalue weighted by molar-refractivity contribution is -0.115. The van der Waals surface area contributed by atoms with Gasteiger partial charge in [-0.15, -0.1) is 10.2 Å². The second-order valence-corrected chi connectivity index (χ2v) is 8.60. The van der Waals surface area contributed by atoms with E-state index in [4.69, 9.17) is 9.15 Å². The number of para-hydroxylation sites is 2. The average Bonchev–Trinajstić information content (AvgIpc) is 3.48. The van der Waals surface area contributed by atoms with Crippen LogP contribution in [0.5, 0.6) is 11.5 Å². The predicted molar refractivity (Wildman–Crippen MR) is 128 cm³/mol. The maximum absolute atomic E-state index is 12.6. The number of ether oxygens (including phenoxy) is 1. The quantitative estimate of drug-likeness (QED) is 0.286. The fraction of sp³-hybridized carbons (Fsp3) is 0.0800. The molecule has 8 heteroatoms. The molecule has 164 valence electrons. The molecule has 7 nitrogen and oxygen atoms in total. The van der Waals surface area contributed by atoms with Gasteiger partial charge < -0.3 is 19.5 Å². The lowest BCUT2D eigenvalue weighted by Gasteiger charge is -2.11. The highest BCUT2D eigenvalue weighted by Gasteiger charge is 2.20. The van der Waals surface area contributed by atoms with Gasteiger partial charge in [-0.25, -0.2) is 0 Å². The number of rotatable bonds is 7. The highest BCUT2D eigenvalue weighted by molar-refractivity contribution is 8.00. The number of H-pyrrole nitrogens is 1. The second kappa shape index (κ2) is 9.22. The summed E-state index contributed by atoms with van der Waals surface area (Å²) in [5.74, 6) is 1.70. The Hall–Kier alpha value is -4.04. The van der Waals surface area contributed by atoms with Crippen LogP contribution in [0.1, 0.15) is 6.92 Å². The number of nitrogens with zero attached hydrogens (tertiary/aromatic N) is 2. The topological polar surface area (TPSA) is 93.0 Å². The molecule has 1 unspecified atom stereocenters. The van der Waals surface area contributed by atoms with Gasteiger partial charge in [-0.05, 0) is 49.4 Å². The Balaban J connectivity index is 1.20. The third-order valence-corrected chi connectivity index (χ3v) is 5.91. The number of thioether (sulfide) groups is 1. The Bertz CT molecular complexity index is 1380. The third kappa shape index (κ3) is 4.75. The molecule has 2 aromatic heterocycles. The van der Waals surface area contributed by atoms with Crippen molar-refractivity contribution in [3.05, 3.63) is 85.1 Å². The molecule has 0 fully saturated rings. The number of hydrogen-bond donors (Lipinski definition) is 2. The highest BCUT2D eigenvalue weighted by Crippen LogP contribution is 2.31. The number of carbonyl (C=O) groups excluding carboxylic acids is 1.